The van der Waals surface area contributed by atoms with Crippen LogP contribution in [0.1, 0.15) is 77.6 Å². The Kier molecular flexibility index (Phi) is 14.0. The minimum Gasteiger partial charge on any atom is -0.494 e. The average Bonchev–Trinajstić information content (AvgIpc) is 3.10. The molecule has 0 aliphatic heterocycles. The standard InChI is InChI=1S/C40H52O5Si2/c1-9-29-21-17-25-33(41-13-5)37(29)46(38-30(10-2)22-18-26-34(38)42-14-6)45-47(39-31(11-3)23-19-27-35(39)43-15-7)40-32(12-4)24-20-28-36(40)44-16-8/h17-28H,9-16H2,1-8H3. The molecule has 0 unspecified atom stereocenters. The summed E-state index contributed by atoms with van der Waals surface area (Å²) in [5.41, 5.74) is 4.95. The molecule has 0 aliphatic carbocycles. The molecule has 2 radical (unpaired) electrons. The first-order chi connectivity index (χ1) is 23.0. The minimum absolute atomic E-state index is 0.571. The summed E-state index contributed by atoms with van der Waals surface area (Å²) in [5.74, 6) is 3.55. The van der Waals surface area contributed by atoms with Gasteiger partial charge in [0.15, 0.2) is 0 Å². The fraction of sp³-hybridized carbons (Fsp3) is 0.400. The Balaban J connectivity index is 2.17. The highest BCUT2D eigenvalue weighted by Gasteiger charge is 2.39. The summed E-state index contributed by atoms with van der Waals surface area (Å²) in [6.07, 6.45) is 3.44. The Morgan fingerprint density at radius 1 is 0.362 bits per heavy atom. The van der Waals surface area contributed by atoms with Crippen LogP contribution in [0.15, 0.2) is 72.8 Å². The van der Waals surface area contributed by atoms with E-state index in [-0.39, 0.29) is 0 Å². The highest BCUT2D eigenvalue weighted by Crippen LogP contribution is 2.24. The van der Waals surface area contributed by atoms with E-state index in [2.05, 4.69) is 100 Å². The van der Waals surface area contributed by atoms with Gasteiger partial charge in [-0.05, 0) is 99.9 Å². The lowest BCUT2D eigenvalue weighted by Gasteiger charge is -2.31. The lowest BCUT2D eigenvalue weighted by molar-refractivity contribution is 0.340. The molecule has 4 aromatic rings. The van der Waals surface area contributed by atoms with Crippen LogP contribution in [0, 0.1) is 0 Å². The van der Waals surface area contributed by atoms with Crippen molar-refractivity contribution in [2.75, 3.05) is 26.4 Å². The van der Waals surface area contributed by atoms with Gasteiger partial charge < -0.3 is 23.1 Å². The van der Waals surface area contributed by atoms with Crippen LogP contribution >= 0.6 is 0 Å². The third-order valence-electron chi connectivity index (χ3n) is 8.29. The molecular weight excluding hydrogens is 617 g/mol. The van der Waals surface area contributed by atoms with Crippen molar-refractivity contribution < 1.29 is 23.1 Å². The van der Waals surface area contributed by atoms with Gasteiger partial charge in [-0.1, -0.05) is 76.2 Å². The van der Waals surface area contributed by atoms with Gasteiger partial charge in [0.1, 0.15) is 23.0 Å². The van der Waals surface area contributed by atoms with Crippen LogP contribution in [-0.4, -0.2) is 44.5 Å². The summed E-state index contributed by atoms with van der Waals surface area (Å²) in [6.45, 7) is 19.3. The third-order valence-corrected chi connectivity index (χ3v) is 14.0. The summed E-state index contributed by atoms with van der Waals surface area (Å²) in [6, 6.07) is 25.7. The first kappa shape index (κ1) is 36.3. The zero-order chi connectivity index (χ0) is 33.8. The third kappa shape index (κ3) is 8.14. The molecule has 0 aliphatic rings. The van der Waals surface area contributed by atoms with E-state index in [1.54, 1.807) is 0 Å². The second-order valence-electron chi connectivity index (χ2n) is 11.1. The van der Waals surface area contributed by atoms with Gasteiger partial charge in [-0.3, -0.25) is 0 Å². The van der Waals surface area contributed by atoms with Gasteiger partial charge in [0.2, 0.25) is 0 Å². The van der Waals surface area contributed by atoms with Gasteiger partial charge in [-0.2, -0.15) is 0 Å². The molecule has 5 nitrogen and oxygen atoms in total. The minimum atomic E-state index is -2.01. The van der Waals surface area contributed by atoms with E-state index < -0.39 is 18.1 Å². The van der Waals surface area contributed by atoms with Crippen LogP contribution in [0.2, 0.25) is 0 Å². The molecule has 4 aromatic carbocycles. The molecule has 0 saturated carbocycles. The summed E-state index contributed by atoms with van der Waals surface area (Å²) in [7, 11) is -4.01. The largest absolute Gasteiger partial charge is 0.494 e. The smallest absolute Gasteiger partial charge is 0.280 e. The van der Waals surface area contributed by atoms with Gasteiger partial charge in [-0.25, -0.2) is 0 Å². The van der Waals surface area contributed by atoms with E-state index in [9.17, 15) is 0 Å². The van der Waals surface area contributed by atoms with Crippen molar-refractivity contribution in [2.45, 2.75) is 81.1 Å². The van der Waals surface area contributed by atoms with Gasteiger partial charge in [-0.15, -0.1) is 0 Å². The Morgan fingerprint density at radius 2 is 0.596 bits per heavy atom. The van der Waals surface area contributed by atoms with E-state index in [1.165, 1.54) is 22.3 Å². The molecule has 0 bridgehead atoms. The summed E-state index contributed by atoms with van der Waals surface area (Å²) in [4.78, 5) is 0. The molecule has 0 amide bonds. The number of aryl methyl sites for hydroxylation is 4. The number of hydrogen-bond acceptors (Lipinski definition) is 5. The fourth-order valence-corrected chi connectivity index (χ4v) is 12.8. The first-order valence-corrected chi connectivity index (χ1v) is 20.2. The molecule has 0 atom stereocenters. The lowest BCUT2D eigenvalue weighted by Crippen LogP contribution is -2.59. The summed E-state index contributed by atoms with van der Waals surface area (Å²) < 4.78 is 33.7. The molecule has 250 valence electrons. The predicted molar refractivity (Wildman–Crippen MR) is 199 cm³/mol. The summed E-state index contributed by atoms with van der Waals surface area (Å²) >= 11 is 0. The van der Waals surface area contributed by atoms with Crippen molar-refractivity contribution >= 4 is 38.8 Å². The van der Waals surface area contributed by atoms with Gasteiger partial charge >= 0.3 is 0 Å². The number of hydrogen-bond donors (Lipinski definition) is 0. The molecular formula is C40H52O5Si2. The number of benzene rings is 4. The van der Waals surface area contributed by atoms with Crippen LogP contribution in [0.25, 0.3) is 0 Å². The van der Waals surface area contributed by atoms with Crippen LogP contribution in [0.3, 0.4) is 0 Å². The van der Waals surface area contributed by atoms with E-state index in [4.69, 9.17) is 23.1 Å². The first-order valence-electron chi connectivity index (χ1n) is 17.4. The maximum atomic E-state index is 8.00. The van der Waals surface area contributed by atoms with Crippen molar-refractivity contribution in [2.24, 2.45) is 0 Å². The number of ether oxygens (including phenoxy) is 4. The highest BCUT2D eigenvalue weighted by atomic mass is 28.4. The second-order valence-corrected chi connectivity index (χ2v) is 15.2. The van der Waals surface area contributed by atoms with Crippen molar-refractivity contribution in [1.82, 2.24) is 0 Å². The number of rotatable bonds is 18. The zero-order valence-corrected chi connectivity index (χ0v) is 31.6. The van der Waals surface area contributed by atoms with E-state index >= 15 is 0 Å². The maximum Gasteiger partial charge on any atom is 0.280 e. The zero-order valence-electron chi connectivity index (χ0n) is 29.6. The molecule has 0 spiro atoms. The van der Waals surface area contributed by atoms with E-state index in [0.29, 0.717) is 26.4 Å². The molecule has 0 saturated heterocycles. The molecule has 47 heavy (non-hydrogen) atoms. The van der Waals surface area contributed by atoms with E-state index in [0.717, 1.165) is 69.4 Å². The van der Waals surface area contributed by atoms with E-state index in [1.807, 2.05) is 27.7 Å². The Bertz CT molecular complexity index is 1360. The van der Waals surface area contributed by atoms with Crippen molar-refractivity contribution in [1.29, 1.82) is 0 Å². The Labute approximate surface area is 286 Å². The van der Waals surface area contributed by atoms with Crippen molar-refractivity contribution in [3.8, 4) is 23.0 Å². The molecule has 0 aromatic heterocycles. The second kappa shape index (κ2) is 18.1. The SMILES string of the molecule is CCOc1cccc(CC)c1[Si](O[Si](c1c(CC)cccc1OCC)c1c(CC)cccc1OCC)c1c(CC)cccc1OCC. The Morgan fingerprint density at radius 3 is 0.787 bits per heavy atom. The normalized spacial score (nSPS) is 11.3. The van der Waals surface area contributed by atoms with Crippen LogP contribution < -0.4 is 39.7 Å². The quantitative estimate of drug-likeness (QED) is 0.114. The van der Waals surface area contributed by atoms with Crippen LogP contribution in [0.4, 0.5) is 0 Å². The molecule has 0 heterocycles. The van der Waals surface area contributed by atoms with Gasteiger partial charge in [0.25, 0.3) is 18.1 Å². The predicted octanol–water partition coefficient (Wildman–Crippen LogP) is 6.46. The fourth-order valence-electron chi connectivity index (χ4n) is 6.18. The molecule has 7 heteroatoms. The average molecular weight is 669 g/mol. The van der Waals surface area contributed by atoms with Crippen molar-refractivity contribution in [3.63, 3.8) is 0 Å². The monoisotopic (exact) mass is 668 g/mol. The maximum absolute atomic E-state index is 8.00. The van der Waals surface area contributed by atoms with Crippen molar-refractivity contribution in [3.05, 3.63) is 95.1 Å². The molecule has 4 rings (SSSR count). The molecule has 0 N–H and O–H groups in total. The topological polar surface area (TPSA) is 46.2 Å². The van der Waals surface area contributed by atoms with Gasteiger partial charge in [0.05, 0.1) is 26.4 Å². The highest BCUT2D eigenvalue weighted by molar-refractivity contribution is 6.93. The Hall–Kier alpha value is -3.53. The van der Waals surface area contributed by atoms with Gasteiger partial charge in [0, 0.05) is 20.7 Å². The van der Waals surface area contributed by atoms with Crippen LogP contribution in [-0.2, 0) is 29.8 Å². The molecule has 0 fully saturated rings. The van der Waals surface area contributed by atoms with Crippen LogP contribution in [0.5, 0.6) is 23.0 Å². The lowest BCUT2D eigenvalue weighted by atomic mass is 10.1. The summed E-state index contributed by atoms with van der Waals surface area (Å²) in [5, 5.41) is 4.63.